The highest BCUT2D eigenvalue weighted by atomic mass is 16.5. The summed E-state index contributed by atoms with van der Waals surface area (Å²) in [7, 11) is 0. The van der Waals surface area contributed by atoms with E-state index >= 15 is 0 Å². The van der Waals surface area contributed by atoms with E-state index < -0.39 is 0 Å². The SMILES string of the molecule is CC(C)Cc1ccc(OCc2ccccc2)c(C=O)c1. The molecule has 0 atom stereocenters. The minimum atomic E-state index is 0.477. The highest BCUT2D eigenvalue weighted by Crippen LogP contribution is 2.21. The lowest BCUT2D eigenvalue weighted by Crippen LogP contribution is -2.00. The summed E-state index contributed by atoms with van der Waals surface area (Å²) in [5, 5.41) is 0. The Kier molecular flexibility index (Phi) is 4.94. The summed E-state index contributed by atoms with van der Waals surface area (Å²) >= 11 is 0. The van der Waals surface area contributed by atoms with Crippen molar-refractivity contribution in [2.24, 2.45) is 5.92 Å². The molecule has 20 heavy (non-hydrogen) atoms. The first kappa shape index (κ1) is 14.3. The van der Waals surface area contributed by atoms with Gasteiger partial charge < -0.3 is 4.74 Å². The molecule has 0 aromatic heterocycles. The van der Waals surface area contributed by atoms with Crippen LogP contribution in [0.3, 0.4) is 0 Å². The third-order valence-corrected chi connectivity index (χ3v) is 3.08. The Hall–Kier alpha value is -2.09. The van der Waals surface area contributed by atoms with Crippen molar-refractivity contribution in [1.82, 2.24) is 0 Å². The maximum Gasteiger partial charge on any atom is 0.153 e. The molecule has 0 fully saturated rings. The summed E-state index contributed by atoms with van der Waals surface area (Å²) in [6, 6.07) is 15.8. The Morgan fingerprint density at radius 2 is 1.80 bits per heavy atom. The van der Waals surface area contributed by atoms with E-state index in [4.69, 9.17) is 4.74 Å². The van der Waals surface area contributed by atoms with Gasteiger partial charge in [-0.05, 0) is 35.6 Å². The summed E-state index contributed by atoms with van der Waals surface area (Å²) in [5.41, 5.74) is 2.89. The van der Waals surface area contributed by atoms with Crippen molar-refractivity contribution in [2.45, 2.75) is 26.9 Å². The average Bonchev–Trinajstić information content (AvgIpc) is 2.46. The van der Waals surface area contributed by atoms with Crippen LogP contribution in [0.15, 0.2) is 48.5 Å². The molecule has 0 spiro atoms. The number of carbonyl (C=O) groups excluding carboxylic acids is 1. The lowest BCUT2D eigenvalue weighted by atomic mass is 10.0. The maximum absolute atomic E-state index is 11.2. The van der Waals surface area contributed by atoms with Crippen LogP contribution >= 0.6 is 0 Å². The zero-order valence-electron chi connectivity index (χ0n) is 12.0. The molecule has 2 nitrogen and oxygen atoms in total. The molecule has 2 rings (SSSR count). The lowest BCUT2D eigenvalue weighted by molar-refractivity contribution is 0.111. The predicted octanol–water partition coefficient (Wildman–Crippen LogP) is 4.28. The van der Waals surface area contributed by atoms with Crippen LogP contribution in [0.2, 0.25) is 0 Å². The van der Waals surface area contributed by atoms with Crippen molar-refractivity contribution in [3.05, 3.63) is 65.2 Å². The van der Waals surface area contributed by atoms with Gasteiger partial charge in [0, 0.05) is 0 Å². The second kappa shape index (κ2) is 6.90. The van der Waals surface area contributed by atoms with Crippen LogP contribution in [-0.2, 0) is 13.0 Å². The fourth-order valence-corrected chi connectivity index (χ4v) is 2.16. The van der Waals surface area contributed by atoms with Crippen LogP contribution in [0.25, 0.3) is 0 Å². The molecular weight excluding hydrogens is 248 g/mol. The highest BCUT2D eigenvalue weighted by molar-refractivity contribution is 5.79. The monoisotopic (exact) mass is 268 g/mol. The molecule has 0 unspecified atom stereocenters. The van der Waals surface area contributed by atoms with Crippen molar-refractivity contribution in [1.29, 1.82) is 0 Å². The molecule has 0 N–H and O–H groups in total. The number of ether oxygens (including phenoxy) is 1. The van der Waals surface area contributed by atoms with Gasteiger partial charge in [-0.2, -0.15) is 0 Å². The topological polar surface area (TPSA) is 26.3 Å². The van der Waals surface area contributed by atoms with Gasteiger partial charge in [0.15, 0.2) is 6.29 Å². The van der Waals surface area contributed by atoms with Gasteiger partial charge in [0.25, 0.3) is 0 Å². The normalized spacial score (nSPS) is 10.6. The summed E-state index contributed by atoms with van der Waals surface area (Å²) in [4.78, 5) is 11.2. The van der Waals surface area contributed by atoms with Crippen LogP contribution in [0.1, 0.15) is 35.3 Å². The van der Waals surface area contributed by atoms with Gasteiger partial charge >= 0.3 is 0 Å². The van der Waals surface area contributed by atoms with Gasteiger partial charge in [0.2, 0.25) is 0 Å². The maximum atomic E-state index is 11.2. The van der Waals surface area contributed by atoms with E-state index in [0.717, 1.165) is 18.3 Å². The quantitative estimate of drug-likeness (QED) is 0.731. The highest BCUT2D eigenvalue weighted by Gasteiger charge is 2.06. The van der Waals surface area contributed by atoms with Crippen molar-refractivity contribution < 1.29 is 9.53 Å². The minimum Gasteiger partial charge on any atom is -0.488 e. The summed E-state index contributed by atoms with van der Waals surface area (Å²) in [6.45, 7) is 4.81. The zero-order chi connectivity index (χ0) is 14.4. The molecule has 0 bridgehead atoms. The second-order valence-electron chi connectivity index (χ2n) is 5.36. The standard InChI is InChI=1S/C18H20O2/c1-14(2)10-16-8-9-18(17(11-16)12-19)20-13-15-6-4-3-5-7-15/h3-9,11-12,14H,10,13H2,1-2H3. The molecule has 0 aliphatic rings. The molecule has 2 aromatic carbocycles. The fourth-order valence-electron chi connectivity index (χ4n) is 2.16. The van der Waals surface area contributed by atoms with E-state index in [9.17, 15) is 4.79 Å². The third kappa shape index (κ3) is 3.95. The minimum absolute atomic E-state index is 0.477. The van der Waals surface area contributed by atoms with Gasteiger partial charge in [-0.3, -0.25) is 4.79 Å². The van der Waals surface area contributed by atoms with Gasteiger partial charge in [-0.1, -0.05) is 50.2 Å². The number of carbonyl (C=O) groups is 1. The van der Waals surface area contributed by atoms with Crippen LogP contribution in [0.5, 0.6) is 5.75 Å². The predicted molar refractivity (Wildman–Crippen MR) is 81.1 cm³/mol. The van der Waals surface area contributed by atoms with E-state index in [1.54, 1.807) is 0 Å². The Labute approximate surface area is 120 Å². The first-order valence-corrected chi connectivity index (χ1v) is 6.94. The third-order valence-electron chi connectivity index (χ3n) is 3.08. The second-order valence-corrected chi connectivity index (χ2v) is 5.36. The van der Waals surface area contributed by atoms with Gasteiger partial charge in [-0.15, -0.1) is 0 Å². The molecule has 0 amide bonds. The average molecular weight is 268 g/mol. The number of hydrogen-bond donors (Lipinski definition) is 0. The van der Waals surface area contributed by atoms with E-state index in [-0.39, 0.29) is 0 Å². The van der Waals surface area contributed by atoms with Crippen LogP contribution in [0.4, 0.5) is 0 Å². The molecule has 0 saturated carbocycles. The molecule has 2 aromatic rings. The lowest BCUT2D eigenvalue weighted by Gasteiger charge is -2.11. The van der Waals surface area contributed by atoms with Gasteiger partial charge in [-0.25, -0.2) is 0 Å². The zero-order valence-corrected chi connectivity index (χ0v) is 12.0. The van der Waals surface area contributed by atoms with Crippen molar-refractivity contribution in [3.8, 4) is 5.75 Å². The Morgan fingerprint density at radius 1 is 1.05 bits per heavy atom. The molecule has 0 aliphatic carbocycles. The number of benzene rings is 2. The first-order chi connectivity index (χ1) is 9.69. The van der Waals surface area contributed by atoms with E-state index in [2.05, 4.69) is 13.8 Å². The van der Waals surface area contributed by atoms with E-state index in [1.807, 2.05) is 48.5 Å². The van der Waals surface area contributed by atoms with E-state index in [1.165, 1.54) is 5.56 Å². The largest absolute Gasteiger partial charge is 0.488 e. The molecule has 0 radical (unpaired) electrons. The molecule has 0 saturated heterocycles. The molecule has 2 heteroatoms. The van der Waals surface area contributed by atoms with Crippen molar-refractivity contribution >= 4 is 6.29 Å². The number of aldehydes is 1. The fraction of sp³-hybridized carbons (Fsp3) is 0.278. The molecule has 0 heterocycles. The van der Waals surface area contributed by atoms with Crippen LogP contribution in [0, 0.1) is 5.92 Å². The number of hydrogen-bond acceptors (Lipinski definition) is 2. The molecule has 0 aliphatic heterocycles. The van der Waals surface area contributed by atoms with Gasteiger partial charge in [0.1, 0.15) is 12.4 Å². The van der Waals surface area contributed by atoms with E-state index in [0.29, 0.717) is 23.8 Å². The summed E-state index contributed by atoms with van der Waals surface area (Å²) in [6.07, 6.45) is 1.84. The molecular formula is C18H20O2. The summed E-state index contributed by atoms with van der Waals surface area (Å²) < 4.78 is 5.74. The Balaban J connectivity index is 2.09. The Bertz CT molecular complexity index is 559. The first-order valence-electron chi connectivity index (χ1n) is 6.94. The smallest absolute Gasteiger partial charge is 0.153 e. The van der Waals surface area contributed by atoms with Crippen LogP contribution < -0.4 is 4.74 Å². The van der Waals surface area contributed by atoms with Crippen LogP contribution in [-0.4, -0.2) is 6.29 Å². The van der Waals surface area contributed by atoms with Gasteiger partial charge in [0.05, 0.1) is 5.56 Å². The number of rotatable bonds is 6. The van der Waals surface area contributed by atoms with Crippen molar-refractivity contribution in [3.63, 3.8) is 0 Å². The Morgan fingerprint density at radius 3 is 2.45 bits per heavy atom. The molecule has 104 valence electrons. The van der Waals surface area contributed by atoms with Crippen molar-refractivity contribution in [2.75, 3.05) is 0 Å². The summed E-state index contributed by atoms with van der Waals surface area (Å²) in [5.74, 6) is 1.22.